The first-order valence-corrected chi connectivity index (χ1v) is 29.5. The fourth-order valence-corrected chi connectivity index (χ4v) is 12.2. The van der Waals surface area contributed by atoms with Gasteiger partial charge in [-0.05, 0) is 72.8 Å². The van der Waals surface area contributed by atoms with Crippen molar-refractivity contribution in [2.45, 2.75) is 68.7 Å². The third kappa shape index (κ3) is 11.9. The van der Waals surface area contributed by atoms with Gasteiger partial charge in [0, 0.05) is 99.9 Å². The molecule has 0 amide bonds. The van der Waals surface area contributed by atoms with Crippen LogP contribution in [0.5, 0.6) is 155 Å². The van der Waals surface area contributed by atoms with Crippen molar-refractivity contribution in [3.63, 3.8) is 0 Å². The van der Waals surface area contributed by atoms with Crippen LogP contribution in [0.3, 0.4) is 0 Å². The monoisotopic (exact) mass is 1400 g/mol. The summed E-state index contributed by atoms with van der Waals surface area (Å²) >= 11 is 0. The molecule has 101 heavy (non-hydrogen) atoms. The van der Waals surface area contributed by atoms with Crippen molar-refractivity contribution in [2.75, 3.05) is 0 Å². The number of rotatable bonds is 13. The van der Waals surface area contributed by atoms with Gasteiger partial charge in [-0.1, -0.05) is 0 Å². The van der Waals surface area contributed by atoms with Crippen LogP contribution in [-0.4, -0.2) is 159 Å². The van der Waals surface area contributed by atoms with E-state index in [9.17, 15) is 137 Å². The molecule has 9 aromatic rings. The van der Waals surface area contributed by atoms with Crippen molar-refractivity contribution in [3.8, 4) is 155 Å². The number of carbonyl (C=O) groups is 3. The first-order chi connectivity index (χ1) is 47.7. The van der Waals surface area contributed by atoms with Crippen LogP contribution < -0.4 is 14.2 Å². The molecule has 6 atom stereocenters. The van der Waals surface area contributed by atoms with Gasteiger partial charge < -0.3 is 151 Å². The highest BCUT2D eigenvalue weighted by molar-refractivity contribution is 5.93. The van der Waals surface area contributed by atoms with Gasteiger partial charge in [0.05, 0.1) is 16.7 Å². The van der Waals surface area contributed by atoms with E-state index in [1.807, 2.05) is 0 Å². The highest BCUT2D eigenvalue weighted by Gasteiger charge is 2.45. The number of hydrogen-bond acceptors (Lipinski definition) is 33. The Balaban J connectivity index is 1.02. The molecule has 524 valence electrons. The van der Waals surface area contributed by atoms with Gasteiger partial charge in [-0.15, -0.1) is 0 Å². The van der Waals surface area contributed by atoms with E-state index in [1.54, 1.807) is 0 Å². The first kappa shape index (κ1) is 67.0. The lowest BCUT2D eigenvalue weighted by molar-refractivity contribution is -0.0195. The zero-order chi connectivity index (χ0) is 73.0. The second-order valence-electron chi connectivity index (χ2n) is 23.6. The fraction of sp³-hybridized carbons (Fsp3) is 0.162. The zero-order valence-corrected chi connectivity index (χ0v) is 51.0. The molecular formula is C68H54O33. The highest BCUT2D eigenvalue weighted by Crippen LogP contribution is 2.57. The van der Waals surface area contributed by atoms with Crippen molar-refractivity contribution in [3.05, 3.63) is 157 Å². The van der Waals surface area contributed by atoms with Crippen molar-refractivity contribution in [1.29, 1.82) is 0 Å². The average Bonchev–Trinajstić information content (AvgIpc) is 0.742. The summed E-state index contributed by atoms with van der Waals surface area (Å²) in [6.07, 6.45) is -14.6. The van der Waals surface area contributed by atoms with Crippen LogP contribution in [0.1, 0.15) is 105 Å². The number of phenols is 24. The topological polar surface area (TPSA) is 592 Å². The minimum atomic E-state index is -1.86. The Morgan fingerprint density at radius 2 is 0.564 bits per heavy atom. The van der Waals surface area contributed by atoms with Gasteiger partial charge in [0.2, 0.25) is 0 Å². The van der Waals surface area contributed by atoms with Crippen LogP contribution in [0, 0.1) is 0 Å². The first-order valence-electron chi connectivity index (χ1n) is 29.5. The summed E-state index contributed by atoms with van der Waals surface area (Å²) in [6, 6.07) is 11.1. The Morgan fingerprint density at radius 3 is 0.931 bits per heavy atom. The van der Waals surface area contributed by atoms with Gasteiger partial charge in [0.15, 0.2) is 122 Å². The normalized spacial score (nSPS) is 17.4. The molecule has 0 aromatic heterocycles. The highest BCUT2D eigenvalue weighted by atomic mass is 16.6. The smallest absolute Gasteiger partial charge is 0.338 e. The molecule has 0 radical (unpaired) electrons. The predicted octanol–water partition coefficient (Wildman–Crippen LogP) is 6.51. The Kier molecular flexibility index (Phi) is 16.5. The molecule has 24 N–H and O–H groups in total. The Bertz CT molecular complexity index is 4860. The van der Waals surface area contributed by atoms with Crippen molar-refractivity contribution in [2.24, 2.45) is 0 Å². The summed E-state index contributed by atoms with van der Waals surface area (Å²) in [5.41, 5.74) is -5.97. The van der Waals surface area contributed by atoms with Crippen LogP contribution in [0.2, 0.25) is 0 Å². The average molecular weight is 1400 g/mol. The van der Waals surface area contributed by atoms with Gasteiger partial charge in [-0.2, -0.15) is 0 Å². The van der Waals surface area contributed by atoms with Crippen molar-refractivity contribution in [1.82, 2.24) is 0 Å². The maximum atomic E-state index is 14.1. The van der Waals surface area contributed by atoms with E-state index in [1.165, 1.54) is 0 Å². The number of hydrogen-bond donors (Lipinski definition) is 24. The number of ether oxygens (including phenoxy) is 6. The van der Waals surface area contributed by atoms with Crippen LogP contribution in [0.4, 0.5) is 0 Å². The quantitative estimate of drug-likeness (QED) is 0.0332. The molecule has 0 unspecified atom stereocenters. The Morgan fingerprint density at radius 1 is 0.277 bits per heavy atom. The maximum absolute atomic E-state index is 14.1. The summed E-state index contributed by atoms with van der Waals surface area (Å²) < 4.78 is 36.6. The predicted molar refractivity (Wildman–Crippen MR) is 332 cm³/mol. The van der Waals surface area contributed by atoms with Crippen LogP contribution in [0.15, 0.2) is 84.9 Å². The number of benzene rings is 9. The summed E-state index contributed by atoms with van der Waals surface area (Å²) in [6.45, 7) is 0. The van der Waals surface area contributed by atoms with E-state index in [2.05, 4.69) is 0 Å². The summed E-state index contributed by atoms with van der Waals surface area (Å²) in [4.78, 5) is 41.8. The van der Waals surface area contributed by atoms with Crippen LogP contribution >= 0.6 is 0 Å². The number of aromatic hydroxyl groups is 24. The van der Waals surface area contributed by atoms with Crippen LogP contribution in [-0.2, 0) is 46.3 Å². The van der Waals surface area contributed by atoms with Crippen molar-refractivity contribution >= 4 is 17.9 Å². The van der Waals surface area contributed by atoms with E-state index in [4.69, 9.17) is 28.4 Å². The molecule has 3 heterocycles. The zero-order valence-electron chi connectivity index (χ0n) is 51.0. The molecule has 0 spiro atoms. The molecule has 33 nitrogen and oxygen atoms in total. The molecular weight excluding hydrogens is 1340 g/mol. The molecule has 33 heteroatoms. The van der Waals surface area contributed by atoms with Gasteiger partial charge >= 0.3 is 17.9 Å². The second kappa shape index (κ2) is 24.9. The molecule has 0 fully saturated rings. The van der Waals surface area contributed by atoms with E-state index in [0.717, 1.165) is 48.5 Å². The number of esters is 3. The molecule has 3 aliphatic heterocycles. The SMILES string of the molecule is O=C(O[C@@H]1Cc2c(cc(O)c(Cc3c(O)c(Cc4c(O)cc(O)c5c4O[C@H](c4cc(O)c(O)c(O)c4)[C@H](OC(=O)c4cc(O)c(O)c(O)c4)C5)c(O)c4c3O[C@H](c3cc(O)c(O)c(O)c3)[C@H](OC(=O)c3cc(O)c(O)c(O)c3)C4)c2O)O[C@@H]1c1cc(O)c(O)c(O)c1)c1cc(O)c(O)c(O)c1. The largest absolute Gasteiger partial charge is 0.507 e. The minimum Gasteiger partial charge on any atom is -0.507 e. The third-order valence-electron chi connectivity index (χ3n) is 17.2. The number of fused-ring (bicyclic) bond motifs is 3. The van der Waals surface area contributed by atoms with E-state index in [0.29, 0.717) is 36.4 Å². The van der Waals surface area contributed by atoms with Gasteiger partial charge in [-0.25, -0.2) is 14.4 Å². The van der Waals surface area contributed by atoms with Gasteiger partial charge in [-0.3, -0.25) is 0 Å². The van der Waals surface area contributed by atoms with Crippen molar-refractivity contribution < 1.29 is 165 Å². The molecule has 3 aliphatic rings. The van der Waals surface area contributed by atoms with Gasteiger partial charge in [0.1, 0.15) is 70.1 Å². The molecule has 12 rings (SSSR count). The summed E-state index contributed by atoms with van der Waals surface area (Å²) in [5, 5.41) is 261. The molecule has 0 saturated carbocycles. The maximum Gasteiger partial charge on any atom is 0.338 e. The minimum absolute atomic E-state index is 0.211. The standard InChI is InChI=1S/C68H54O33/c69-33-18-34(70)28-15-49(97-66(93)23-7-42(78)58(90)43(79)8-23)62(21-3-38(74)56(88)39(75)4-21)100-64(28)27(33)14-30-53(85)31(65-32(54(30)86)17-51(63(101-65)22-5-40(76)57(89)41(77)6-22)99-68(95)25-11-46(82)60(92)47(83)12-25)13-26-35(71)19-48-29(52(26)84)16-50(61(96-48)20-1-36(72)55(87)37(73)2-20)98-67(94)24-9-44(80)59(91)45(81)10-24/h1-12,18-19,49-51,61-63,69-92H,13-17H2/t49-,50-,51-,61-,62-,63-/m1/s1. The fourth-order valence-electron chi connectivity index (χ4n) is 12.2. The van der Waals surface area contributed by atoms with Crippen LogP contribution in [0.25, 0.3) is 0 Å². The molecule has 0 saturated heterocycles. The Hall–Kier alpha value is -14.0. The summed E-state index contributed by atoms with van der Waals surface area (Å²) in [5.74, 6) is -28.9. The molecule has 0 aliphatic carbocycles. The van der Waals surface area contributed by atoms with E-state index in [-0.39, 0.29) is 27.8 Å². The lowest BCUT2D eigenvalue weighted by Crippen LogP contribution is -2.35. The molecule has 9 aromatic carbocycles. The van der Waals surface area contributed by atoms with E-state index >= 15 is 0 Å². The van der Waals surface area contributed by atoms with E-state index < -0.39 is 286 Å². The lowest BCUT2D eigenvalue weighted by Gasteiger charge is -2.37. The van der Waals surface area contributed by atoms with Gasteiger partial charge in [0.25, 0.3) is 0 Å². The second-order valence-corrected chi connectivity index (χ2v) is 23.6. The number of carbonyl (C=O) groups excluding carboxylic acids is 3. The Labute approximate surface area is 562 Å². The third-order valence-corrected chi connectivity index (χ3v) is 17.2. The lowest BCUT2D eigenvalue weighted by atomic mass is 9.85. The summed E-state index contributed by atoms with van der Waals surface area (Å²) in [7, 11) is 0. The molecule has 0 bridgehead atoms. The number of phenolic OH excluding ortho intramolecular Hbond substituents is 24.